The van der Waals surface area contributed by atoms with Gasteiger partial charge in [-0.2, -0.15) is 23.0 Å². The van der Waals surface area contributed by atoms with E-state index in [9.17, 15) is 22.8 Å². The van der Waals surface area contributed by atoms with E-state index in [1.807, 2.05) is 0 Å². The second-order valence-corrected chi connectivity index (χ2v) is 6.19. The molecule has 0 atom stereocenters. The third kappa shape index (κ3) is 4.74. The lowest BCUT2D eigenvalue weighted by Crippen LogP contribution is -2.27. The van der Waals surface area contributed by atoms with Gasteiger partial charge in [-0.25, -0.2) is 4.79 Å². The largest absolute Gasteiger partial charge is 0.448 e. The minimum absolute atomic E-state index is 0.124. The van der Waals surface area contributed by atoms with Gasteiger partial charge in [-0.3, -0.25) is 4.79 Å². The fourth-order valence-electron chi connectivity index (χ4n) is 2.15. The van der Waals surface area contributed by atoms with E-state index in [0.717, 1.165) is 11.6 Å². The predicted molar refractivity (Wildman–Crippen MR) is 98.2 cm³/mol. The van der Waals surface area contributed by atoms with Crippen molar-refractivity contribution in [2.75, 3.05) is 6.61 Å². The number of ether oxygens (including phenoxy) is 1. The van der Waals surface area contributed by atoms with Crippen molar-refractivity contribution < 1.29 is 22.7 Å². The topological polar surface area (TPSA) is 61.2 Å². The van der Waals surface area contributed by atoms with Crippen molar-refractivity contribution in [2.24, 2.45) is 0 Å². The van der Waals surface area contributed by atoms with Crippen LogP contribution in [0.15, 0.2) is 34.2 Å². The minimum Gasteiger partial charge on any atom is -0.448 e. The second-order valence-electron chi connectivity index (χ2n) is 5.38. The molecule has 0 bridgehead atoms. The molecule has 10 heteroatoms. The Balaban J connectivity index is 2.49. The van der Waals surface area contributed by atoms with Crippen molar-refractivity contribution >= 4 is 35.2 Å². The number of hydrogen-bond acceptors (Lipinski definition) is 4. The van der Waals surface area contributed by atoms with Gasteiger partial charge in [0.25, 0.3) is 5.56 Å². The van der Waals surface area contributed by atoms with Gasteiger partial charge >= 0.3 is 12.1 Å². The third-order valence-corrected chi connectivity index (χ3v) is 4.12. The lowest BCUT2D eigenvalue weighted by atomic mass is 10.1. The normalized spacial score (nSPS) is 11.8. The maximum atomic E-state index is 12.9. The Bertz CT molecular complexity index is 1050. The van der Waals surface area contributed by atoms with Gasteiger partial charge in [0.1, 0.15) is 5.03 Å². The van der Waals surface area contributed by atoms with E-state index in [0.29, 0.717) is 6.20 Å². The van der Waals surface area contributed by atoms with E-state index in [1.54, 1.807) is 0 Å². The number of benzene rings is 1. The molecule has 28 heavy (non-hydrogen) atoms. The molecule has 0 aliphatic heterocycles. The van der Waals surface area contributed by atoms with Gasteiger partial charge in [0, 0.05) is 10.6 Å². The third-order valence-electron chi connectivity index (χ3n) is 3.51. The van der Waals surface area contributed by atoms with Crippen LogP contribution in [0.4, 0.5) is 13.2 Å². The van der Waals surface area contributed by atoms with Crippen molar-refractivity contribution in [3.05, 3.63) is 61.5 Å². The average molecular weight is 431 g/mol. The Kier molecular flexibility index (Phi) is 6.54. The Morgan fingerprint density at radius 1 is 1.43 bits per heavy atom. The van der Waals surface area contributed by atoms with Crippen LogP contribution in [0, 0.1) is 19.3 Å². The number of alkyl halides is 3. The van der Waals surface area contributed by atoms with Crippen molar-refractivity contribution in [3.63, 3.8) is 0 Å². The molecule has 2 aromatic rings. The molecule has 0 aliphatic carbocycles. The molecule has 0 amide bonds. The number of carbonyl (C=O) groups is 1. The summed E-state index contributed by atoms with van der Waals surface area (Å²) in [5.41, 5.74) is -2.24. The van der Waals surface area contributed by atoms with E-state index in [1.165, 1.54) is 24.3 Å². The van der Waals surface area contributed by atoms with Crippen LogP contribution in [-0.2, 0) is 15.7 Å². The van der Waals surface area contributed by atoms with Crippen molar-refractivity contribution in [1.29, 1.82) is 0 Å². The summed E-state index contributed by atoms with van der Waals surface area (Å²) < 4.78 is 44.2. The highest BCUT2D eigenvalue weighted by atomic mass is 35.5. The molecule has 1 aromatic carbocycles. The van der Waals surface area contributed by atoms with Crippen LogP contribution < -0.4 is 5.56 Å². The summed E-state index contributed by atoms with van der Waals surface area (Å²) in [6, 6.07) is 4.09. The monoisotopic (exact) mass is 430 g/mol. The van der Waals surface area contributed by atoms with E-state index in [4.69, 9.17) is 29.6 Å². The first-order valence-electron chi connectivity index (χ1n) is 7.50. The van der Waals surface area contributed by atoms with Gasteiger partial charge < -0.3 is 4.74 Å². The quantitative estimate of drug-likeness (QED) is 0.418. The molecular weight excluding hydrogens is 420 g/mol. The molecule has 0 radical (unpaired) electrons. The molecule has 0 N–H and O–H groups in total. The van der Waals surface area contributed by atoms with Gasteiger partial charge in [0.15, 0.2) is 6.61 Å². The zero-order valence-corrected chi connectivity index (χ0v) is 15.7. The molecule has 5 nitrogen and oxygen atoms in total. The summed E-state index contributed by atoms with van der Waals surface area (Å²) in [6.45, 7) is 0.777. The summed E-state index contributed by atoms with van der Waals surface area (Å²) in [5, 5.41) is 3.41. The van der Waals surface area contributed by atoms with Gasteiger partial charge in [0.05, 0.1) is 17.4 Å². The van der Waals surface area contributed by atoms with E-state index < -0.39 is 28.8 Å². The first-order valence-corrected chi connectivity index (χ1v) is 8.25. The summed E-state index contributed by atoms with van der Waals surface area (Å²) in [6.07, 6.45) is 2.02. The Labute approximate surface area is 167 Å². The molecular formula is C18H11Cl2F3N2O3. The summed E-state index contributed by atoms with van der Waals surface area (Å²) in [4.78, 5) is 24.0. The Morgan fingerprint density at radius 3 is 2.71 bits per heavy atom. The number of rotatable bonds is 4. The molecule has 0 spiro atoms. The zero-order chi connectivity index (χ0) is 21.1. The first kappa shape index (κ1) is 21.5. The number of carbonyl (C=O) groups excluding carboxylic acids is 1. The smallest absolute Gasteiger partial charge is 0.418 e. The molecule has 0 fully saturated rings. The van der Waals surface area contributed by atoms with Crippen LogP contribution in [0.2, 0.25) is 5.02 Å². The average Bonchev–Trinajstić information content (AvgIpc) is 2.62. The minimum atomic E-state index is -4.70. The lowest BCUT2D eigenvalue weighted by Gasteiger charge is -2.12. The van der Waals surface area contributed by atoms with Crippen molar-refractivity contribution in [2.45, 2.75) is 13.1 Å². The van der Waals surface area contributed by atoms with Crippen molar-refractivity contribution in [3.8, 4) is 18.0 Å². The van der Waals surface area contributed by atoms with Gasteiger partial charge in [0.2, 0.25) is 0 Å². The molecule has 146 valence electrons. The van der Waals surface area contributed by atoms with Crippen LogP contribution >= 0.6 is 23.2 Å². The number of halogens is 5. The van der Waals surface area contributed by atoms with Gasteiger partial charge in [-0.15, -0.1) is 6.42 Å². The molecule has 0 saturated heterocycles. The highest BCUT2D eigenvalue weighted by Gasteiger charge is 2.34. The summed E-state index contributed by atoms with van der Waals surface area (Å²) in [5.74, 6) is 1.22. The predicted octanol–water partition coefficient (Wildman–Crippen LogP) is 3.97. The fraction of sp³-hybridized carbons (Fsp3) is 0.167. The number of nitrogens with zero attached hydrogens (tertiary/aromatic N) is 2. The number of esters is 1. The Morgan fingerprint density at radius 2 is 2.11 bits per heavy atom. The second kappa shape index (κ2) is 8.50. The van der Waals surface area contributed by atoms with E-state index in [-0.39, 0.29) is 27.9 Å². The zero-order valence-electron chi connectivity index (χ0n) is 14.2. The highest BCUT2D eigenvalue weighted by Crippen LogP contribution is 2.30. The maximum absolute atomic E-state index is 12.9. The van der Waals surface area contributed by atoms with Crippen LogP contribution in [0.1, 0.15) is 16.7 Å². The molecule has 0 aliphatic rings. The highest BCUT2D eigenvalue weighted by molar-refractivity contribution is 6.43. The molecule has 1 heterocycles. The van der Waals surface area contributed by atoms with Gasteiger partial charge in [-0.1, -0.05) is 29.1 Å². The van der Waals surface area contributed by atoms with Crippen LogP contribution in [0.5, 0.6) is 0 Å². The lowest BCUT2D eigenvalue weighted by molar-refractivity contribution is -0.138. The molecule has 1 aromatic heterocycles. The van der Waals surface area contributed by atoms with E-state index in [2.05, 4.69) is 15.8 Å². The maximum Gasteiger partial charge on any atom is 0.418 e. The number of aromatic nitrogens is 2. The SMILES string of the molecule is C#CCOC(=O)C(Cl)=Cc1cc(-n2ncc(C(F)(F)F)c(C)c2=O)ccc1Cl. The van der Waals surface area contributed by atoms with Crippen LogP contribution in [0.25, 0.3) is 11.8 Å². The Hall–Kier alpha value is -2.76. The van der Waals surface area contributed by atoms with Gasteiger partial charge in [-0.05, 0) is 36.8 Å². The molecule has 0 unspecified atom stereocenters. The standard InChI is InChI=1S/C18H11Cl2F3N2O3/c1-3-6-28-17(27)15(20)8-11-7-12(4-5-14(11)19)25-16(26)10(2)13(9-24-25)18(21,22)23/h1,4-5,7-9H,6H2,2H3. The van der Waals surface area contributed by atoms with Crippen LogP contribution in [0.3, 0.4) is 0 Å². The number of hydrogen-bond donors (Lipinski definition) is 0. The fourth-order valence-corrected chi connectivity index (χ4v) is 2.50. The van der Waals surface area contributed by atoms with E-state index >= 15 is 0 Å². The molecule has 2 rings (SSSR count). The van der Waals surface area contributed by atoms with Crippen molar-refractivity contribution in [1.82, 2.24) is 9.78 Å². The summed E-state index contributed by atoms with van der Waals surface area (Å²) in [7, 11) is 0. The molecule has 0 saturated carbocycles. The van der Waals surface area contributed by atoms with Crippen LogP contribution in [-0.4, -0.2) is 22.4 Å². The summed E-state index contributed by atoms with van der Waals surface area (Å²) >= 11 is 11.9. The number of terminal acetylenes is 1. The first-order chi connectivity index (χ1) is 13.1.